The van der Waals surface area contributed by atoms with Gasteiger partial charge in [-0.3, -0.25) is 9.69 Å². The van der Waals surface area contributed by atoms with Crippen LogP contribution in [0.1, 0.15) is 33.1 Å². The summed E-state index contributed by atoms with van der Waals surface area (Å²) in [6.07, 6.45) is 3.21. The summed E-state index contributed by atoms with van der Waals surface area (Å²) < 4.78 is 0. The molecule has 0 aromatic carbocycles. The minimum atomic E-state index is -0.0295. The van der Waals surface area contributed by atoms with Gasteiger partial charge >= 0.3 is 0 Å². The molecule has 1 amide bonds. The van der Waals surface area contributed by atoms with Crippen LogP contribution in [-0.4, -0.2) is 59.0 Å². The SMILES string of the molecule is CCC(C(N)=NO)N1CCN(C(=O)C(C)C2CC2)CC1. The van der Waals surface area contributed by atoms with Gasteiger partial charge in [0.05, 0.1) is 6.04 Å². The Labute approximate surface area is 120 Å². The average Bonchev–Trinajstić information content (AvgIpc) is 3.31. The second-order valence-electron chi connectivity index (χ2n) is 5.94. The first kappa shape index (κ1) is 15.1. The van der Waals surface area contributed by atoms with Crippen LogP contribution in [0.4, 0.5) is 0 Å². The Morgan fingerprint density at radius 1 is 1.35 bits per heavy atom. The van der Waals surface area contributed by atoms with Gasteiger partial charge in [0.2, 0.25) is 5.91 Å². The lowest BCUT2D eigenvalue weighted by Gasteiger charge is -2.39. The van der Waals surface area contributed by atoms with E-state index in [1.54, 1.807) is 0 Å². The van der Waals surface area contributed by atoms with E-state index in [0.717, 1.165) is 32.6 Å². The van der Waals surface area contributed by atoms with Gasteiger partial charge in [-0.25, -0.2) is 0 Å². The Hall–Kier alpha value is -1.30. The average molecular weight is 282 g/mol. The van der Waals surface area contributed by atoms with Gasteiger partial charge in [0.25, 0.3) is 0 Å². The number of amidine groups is 1. The van der Waals surface area contributed by atoms with E-state index in [1.807, 2.05) is 11.8 Å². The van der Waals surface area contributed by atoms with Crippen LogP contribution in [0.15, 0.2) is 5.16 Å². The van der Waals surface area contributed by atoms with Crippen LogP contribution < -0.4 is 5.73 Å². The van der Waals surface area contributed by atoms with E-state index in [0.29, 0.717) is 11.8 Å². The number of amides is 1. The number of carbonyl (C=O) groups excluding carboxylic acids is 1. The second kappa shape index (κ2) is 6.43. The Morgan fingerprint density at radius 3 is 2.40 bits per heavy atom. The predicted octanol–water partition coefficient (Wildman–Crippen LogP) is 0.702. The molecule has 2 unspecified atom stereocenters. The molecule has 1 aliphatic carbocycles. The molecule has 2 fully saturated rings. The standard InChI is InChI=1S/C14H26N4O2/c1-3-12(13(15)16-20)17-6-8-18(9-7-17)14(19)10(2)11-4-5-11/h10-12,20H,3-9H2,1-2H3,(H2,15,16). The third kappa shape index (κ3) is 3.23. The van der Waals surface area contributed by atoms with Crippen LogP contribution in [0.5, 0.6) is 0 Å². The number of nitrogens with two attached hydrogens (primary N) is 1. The van der Waals surface area contributed by atoms with Gasteiger partial charge < -0.3 is 15.8 Å². The molecule has 1 aliphatic heterocycles. The summed E-state index contributed by atoms with van der Waals surface area (Å²) in [5.74, 6) is 1.34. The van der Waals surface area contributed by atoms with Gasteiger partial charge in [-0.05, 0) is 25.2 Å². The number of hydrogen-bond donors (Lipinski definition) is 2. The van der Waals surface area contributed by atoms with Gasteiger partial charge in [-0.15, -0.1) is 0 Å². The molecule has 0 aromatic heterocycles. The summed E-state index contributed by atoms with van der Waals surface area (Å²) in [6, 6.07) is -0.0295. The fraction of sp³-hybridized carbons (Fsp3) is 0.857. The normalized spacial score (nSPS) is 24.5. The molecule has 1 saturated carbocycles. The van der Waals surface area contributed by atoms with Crippen LogP contribution in [0.2, 0.25) is 0 Å². The van der Waals surface area contributed by atoms with Crippen LogP contribution in [-0.2, 0) is 4.79 Å². The summed E-state index contributed by atoms with van der Waals surface area (Å²) in [5, 5.41) is 11.9. The van der Waals surface area contributed by atoms with Crippen LogP contribution >= 0.6 is 0 Å². The first-order valence-electron chi connectivity index (χ1n) is 7.58. The molecule has 114 valence electrons. The molecule has 2 rings (SSSR count). The lowest BCUT2D eigenvalue weighted by Crippen LogP contribution is -2.55. The molecule has 0 spiro atoms. The van der Waals surface area contributed by atoms with Crippen molar-refractivity contribution in [2.45, 2.75) is 39.2 Å². The summed E-state index contributed by atoms with van der Waals surface area (Å²) in [7, 11) is 0. The Morgan fingerprint density at radius 2 is 1.95 bits per heavy atom. The molecule has 0 radical (unpaired) electrons. The summed E-state index contributed by atoms with van der Waals surface area (Å²) >= 11 is 0. The van der Waals surface area contributed by atoms with Crippen molar-refractivity contribution in [3.63, 3.8) is 0 Å². The number of oxime groups is 1. The van der Waals surface area contributed by atoms with E-state index in [4.69, 9.17) is 10.9 Å². The van der Waals surface area contributed by atoms with Gasteiger partial charge in [0, 0.05) is 32.1 Å². The first-order valence-corrected chi connectivity index (χ1v) is 7.58. The summed E-state index contributed by atoms with van der Waals surface area (Å²) in [4.78, 5) is 16.5. The van der Waals surface area contributed by atoms with Crippen molar-refractivity contribution in [2.75, 3.05) is 26.2 Å². The van der Waals surface area contributed by atoms with Crippen molar-refractivity contribution < 1.29 is 10.0 Å². The summed E-state index contributed by atoms with van der Waals surface area (Å²) in [5.41, 5.74) is 5.73. The molecule has 6 heteroatoms. The third-order valence-electron chi connectivity index (χ3n) is 4.63. The third-order valence-corrected chi connectivity index (χ3v) is 4.63. The van der Waals surface area contributed by atoms with Crippen molar-refractivity contribution in [1.82, 2.24) is 9.80 Å². The highest BCUT2D eigenvalue weighted by Gasteiger charge is 2.36. The van der Waals surface area contributed by atoms with E-state index >= 15 is 0 Å². The number of hydrogen-bond acceptors (Lipinski definition) is 4. The number of piperazine rings is 1. The molecule has 3 N–H and O–H groups in total. The summed E-state index contributed by atoms with van der Waals surface area (Å²) in [6.45, 7) is 7.14. The van der Waals surface area contributed by atoms with Crippen molar-refractivity contribution in [1.29, 1.82) is 0 Å². The number of rotatable bonds is 5. The van der Waals surface area contributed by atoms with Crippen LogP contribution in [0.25, 0.3) is 0 Å². The second-order valence-corrected chi connectivity index (χ2v) is 5.94. The highest BCUT2D eigenvalue weighted by molar-refractivity contribution is 5.85. The quantitative estimate of drug-likeness (QED) is 0.336. The molecule has 0 aromatic rings. The lowest BCUT2D eigenvalue weighted by molar-refractivity contribution is -0.137. The van der Waals surface area contributed by atoms with Gasteiger partial charge in [-0.1, -0.05) is 19.0 Å². The lowest BCUT2D eigenvalue weighted by atomic mass is 10.0. The van der Waals surface area contributed by atoms with E-state index < -0.39 is 0 Å². The largest absolute Gasteiger partial charge is 0.409 e. The molecule has 0 bridgehead atoms. The van der Waals surface area contributed by atoms with E-state index in [-0.39, 0.29) is 17.8 Å². The topological polar surface area (TPSA) is 82.2 Å². The zero-order valence-corrected chi connectivity index (χ0v) is 12.5. The van der Waals surface area contributed by atoms with Gasteiger partial charge in [-0.2, -0.15) is 0 Å². The van der Waals surface area contributed by atoms with Gasteiger partial charge in [0.15, 0.2) is 5.84 Å². The Kier molecular flexibility index (Phi) is 4.86. The zero-order chi connectivity index (χ0) is 14.7. The fourth-order valence-corrected chi connectivity index (χ4v) is 3.06. The monoisotopic (exact) mass is 282 g/mol. The van der Waals surface area contributed by atoms with E-state index in [9.17, 15) is 4.79 Å². The van der Waals surface area contributed by atoms with Crippen LogP contribution in [0.3, 0.4) is 0 Å². The highest BCUT2D eigenvalue weighted by atomic mass is 16.4. The van der Waals surface area contributed by atoms with E-state index in [2.05, 4.69) is 17.0 Å². The number of nitrogens with zero attached hydrogens (tertiary/aromatic N) is 3. The number of carbonyl (C=O) groups is 1. The maximum Gasteiger partial charge on any atom is 0.225 e. The molecule has 1 saturated heterocycles. The minimum Gasteiger partial charge on any atom is -0.409 e. The van der Waals surface area contributed by atoms with E-state index in [1.165, 1.54) is 12.8 Å². The van der Waals surface area contributed by atoms with Gasteiger partial charge in [0.1, 0.15) is 0 Å². The Bertz CT molecular complexity index is 373. The molecule has 1 heterocycles. The Balaban J connectivity index is 1.86. The zero-order valence-electron chi connectivity index (χ0n) is 12.5. The highest BCUT2D eigenvalue weighted by Crippen LogP contribution is 2.37. The fourth-order valence-electron chi connectivity index (χ4n) is 3.06. The molecule has 2 aliphatic rings. The molecule has 2 atom stereocenters. The maximum atomic E-state index is 12.3. The van der Waals surface area contributed by atoms with Crippen molar-refractivity contribution >= 4 is 11.7 Å². The van der Waals surface area contributed by atoms with Crippen molar-refractivity contribution in [3.05, 3.63) is 0 Å². The molecular weight excluding hydrogens is 256 g/mol. The van der Waals surface area contributed by atoms with Crippen molar-refractivity contribution in [3.8, 4) is 0 Å². The molecule has 20 heavy (non-hydrogen) atoms. The molecule has 6 nitrogen and oxygen atoms in total. The predicted molar refractivity (Wildman–Crippen MR) is 77.5 cm³/mol. The minimum absolute atomic E-state index is 0.0295. The van der Waals surface area contributed by atoms with Crippen LogP contribution in [0, 0.1) is 11.8 Å². The van der Waals surface area contributed by atoms with Crippen molar-refractivity contribution in [2.24, 2.45) is 22.7 Å². The maximum absolute atomic E-state index is 12.3. The molecular formula is C14H26N4O2. The smallest absolute Gasteiger partial charge is 0.225 e. The first-order chi connectivity index (χ1) is 9.58.